The highest BCUT2D eigenvalue weighted by Crippen LogP contribution is 2.36. The largest absolute Gasteiger partial charge is 0.399 e. The topological polar surface area (TPSA) is 101 Å². The van der Waals surface area contributed by atoms with Gasteiger partial charge in [0.25, 0.3) is 11.8 Å². The Balaban J connectivity index is 1.81. The number of anilines is 2. The fourth-order valence-corrected chi connectivity index (χ4v) is 3.96. The number of aromatic amines is 1. The number of nitrogen functional groups attached to an aromatic ring is 1. The van der Waals surface area contributed by atoms with Crippen LogP contribution in [0.4, 0.5) is 11.4 Å². The number of nitrogens with two attached hydrogens (primary N) is 1. The maximum absolute atomic E-state index is 13.3. The van der Waals surface area contributed by atoms with E-state index in [1.807, 2.05) is 6.07 Å². The lowest BCUT2D eigenvalue weighted by molar-refractivity contribution is 0.0893. The SMILES string of the molecule is Cc1cc2[nH]c(=O)n(C)c2cc1N1C(=O)c2cccc3cc(N)cc(c23)C1=O. The Morgan fingerprint density at radius 3 is 2.50 bits per heavy atom. The molecular weight excluding hydrogens is 356 g/mol. The first-order valence-electron chi connectivity index (χ1n) is 8.77. The Morgan fingerprint density at radius 2 is 1.71 bits per heavy atom. The zero-order valence-corrected chi connectivity index (χ0v) is 15.2. The van der Waals surface area contributed by atoms with Crippen LogP contribution in [0, 0.1) is 6.92 Å². The van der Waals surface area contributed by atoms with Crippen molar-refractivity contribution < 1.29 is 9.59 Å². The molecule has 3 aromatic carbocycles. The molecule has 4 aromatic rings. The van der Waals surface area contributed by atoms with Crippen LogP contribution in [-0.4, -0.2) is 21.4 Å². The Hall–Kier alpha value is -3.87. The van der Waals surface area contributed by atoms with E-state index < -0.39 is 11.8 Å². The monoisotopic (exact) mass is 372 g/mol. The molecule has 1 aromatic heterocycles. The van der Waals surface area contributed by atoms with Crippen molar-refractivity contribution in [3.63, 3.8) is 0 Å². The van der Waals surface area contributed by atoms with Crippen molar-refractivity contribution in [2.45, 2.75) is 6.92 Å². The van der Waals surface area contributed by atoms with Crippen molar-refractivity contribution in [2.75, 3.05) is 10.6 Å². The summed E-state index contributed by atoms with van der Waals surface area (Å²) in [6.07, 6.45) is 0. The quantitative estimate of drug-likeness (QED) is 0.396. The molecule has 28 heavy (non-hydrogen) atoms. The average molecular weight is 372 g/mol. The summed E-state index contributed by atoms with van der Waals surface area (Å²) in [7, 11) is 1.64. The summed E-state index contributed by atoms with van der Waals surface area (Å²) in [4.78, 5) is 42.5. The van der Waals surface area contributed by atoms with Crippen molar-refractivity contribution in [3.05, 3.63) is 69.6 Å². The van der Waals surface area contributed by atoms with Crippen LogP contribution in [0.1, 0.15) is 26.3 Å². The molecule has 5 rings (SSSR count). The van der Waals surface area contributed by atoms with Crippen molar-refractivity contribution >= 4 is 45.0 Å². The van der Waals surface area contributed by atoms with Gasteiger partial charge in [0.15, 0.2) is 0 Å². The summed E-state index contributed by atoms with van der Waals surface area (Å²) >= 11 is 0. The van der Waals surface area contributed by atoms with Gasteiger partial charge >= 0.3 is 5.69 Å². The molecular formula is C21H16N4O3. The minimum absolute atomic E-state index is 0.259. The Kier molecular flexibility index (Phi) is 3.10. The summed E-state index contributed by atoms with van der Waals surface area (Å²) in [5, 5.41) is 1.38. The van der Waals surface area contributed by atoms with E-state index >= 15 is 0 Å². The molecule has 0 atom stereocenters. The van der Waals surface area contributed by atoms with E-state index in [2.05, 4.69) is 4.98 Å². The third-order valence-corrected chi connectivity index (χ3v) is 5.33. The van der Waals surface area contributed by atoms with Crippen LogP contribution in [0.3, 0.4) is 0 Å². The number of rotatable bonds is 1. The van der Waals surface area contributed by atoms with Gasteiger partial charge in [-0.05, 0) is 48.2 Å². The summed E-state index contributed by atoms with van der Waals surface area (Å²) in [6, 6.07) is 12.1. The van der Waals surface area contributed by atoms with Gasteiger partial charge in [-0.3, -0.25) is 14.2 Å². The number of aromatic nitrogens is 2. The van der Waals surface area contributed by atoms with Crippen LogP contribution in [-0.2, 0) is 7.05 Å². The van der Waals surface area contributed by atoms with E-state index in [0.29, 0.717) is 44.5 Å². The third kappa shape index (κ3) is 2.01. The van der Waals surface area contributed by atoms with E-state index in [4.69, 9.17) is 5.73 Å². The number of benzene rings is 3. The molecule has 1 aliphatic rings. The standard InChI is InChI=1S/C21H16N4O3/c1-10-6-15-17(24(2)21(28)23-15)9-16(10)25-19(26)13-5-3-4-11-7-12(22)8-14(18(11)13)20(25)27/h3-9H,22H2,1-2H3,(H,23,28). The number of imidazole rings is 1. The first-order valence-corrected chi connectivity index (χ1v) is 8.77. The number of hydrogen-bond acceptors (Lipinski definition) is 4. The highest BCUT2D eigenvalue weighted by atomic mass is 16.2. The van der Waals surface area contributed by atoms with Gasteiger partial charge in [0.2, 0.25) is 0 Å². The van der Waals surface area contributed by atoms with Crippen molar-refractivity contribution in [3.8, 4) is 0 Å². The van der Waals surface area contributed by atoms with Gasteiger partial charge in [-0.1, -0.05) is 12.1 Å². The van der Waals surface area contributed by atoms with Gasteiger partial charge < -0.3 is 10.7 Å². The summed E-state index contributed by atoms with van der Waals surface area (Å²) in [5.41, 5.74) is 9.45. The molecule has 138 valence electrons. The molecule has 0 fully saturated rings. The summed E-state index contributed by atoms with van der Waals surface area (Å²) < 4.78 is 1.45. The van der Waals surface area contributed by atoms with Crippen LogP contribution in [0.5, 0.6) is 0 Å². The lowest BCUT2D eigenvalue weighted by atomic mass is 9.92. The lowest BCUT2D eigenvalue weighted by Crippen LogP contribution is -2.41. The first kappa shape index (κ1) is 16.3. The predicted molar refractivity (Wildman–Crippen MR) is 108 cm³/mol. The van der Waals surface area contributed by atoms with Gasteiger partial charge in [-0.25, -0.2) is 9.69 Å². The first-order chi connectivity index (χ1) is 13.4. The maximum atomic E-state index is 13.3. The van der Waals surface area contributed by atoms with E-state index in [0.717, 1.165) is 5.39 Å². The molecule has 0 bridgehead atoms. The molecule has 2 heterocycles. The van der Waals surface area contributed by atoms with E-state index in [1.54, 1.807) is 50.4 Å². The Labute approximate surface area is 159 Å². The van der Waals surface area contributed by atoms with E-state index in [1.165, 1.54) is 9.47 Å². The number of aryl methyl sites for hydroxylation is 2. The van der Waals surface area contributed by atoms with Crippen LogP contribution in [0.15, 0.2) is 47.3 Å². The van der Waals surface area contributed by atoms with Gasteiger partial charge in [0, 0.05) is 23.7 Å². The summed E-state index contributed by atoms with van der Waals surface area (Å²) in [6.45, 7) is 1.80. The van der Waals surface area contributed by atoms with Gasteiger partial charge in [0.05, 0.1) is 22.3 Å². The second-order valence-corrected chi connectivity index (χ2v) is 7.06. The zero-order valence-electron chi connectivity index (χ0n) is 15.2. The van der Waals surface area contributed by atoms with Crippen LogP contribution in [0.2, 0.25) is 0 Å². The smallest absolute Gasteiger partial charge is 0.326 e. The zero-order chi connectivity index (χ0) is 19.7. The molecule has 0 saturated heterocycles. The molecule has 7 heteroatoms. The predicted octanol–water partition coefficient (Wildman–Crippen LogP) is 2.71. The van der Waals surface area contributed by atoms with Gasteiger partial charge in [0.1, 0.15) is 0 Å². The maximum Gasteiger partial charge on any atom is 0.326 e. The molecule has 7 nitrogen and oxygen atoms in total. The Bertz CT molecular complexity index is 1410. The number of nitrogens with one attached hydrogen (secondary N) is 1. The minimum Gasteiger partial charge on any atom is -0.399 e. The van der Waals surface area contributed by atoms with Crippen molar-refractivity contribution in [2.24, 2.45) is 7.05 Å². The van der Waals surface area contributed by atoms with Gasteiger partial charge in [-0.2, -0.15) is 0 Å². The fourth-order valence-electron chi connectivity index (χ4n) is 3.96. The molecule has 0 aliphatic carbocycles. The lowest BCUT2D eigenvalue weighted by Gasteiger charge is -2.28. The number of amides is 2. The number of H-pyrrole nitrogens is 1. The normalized spacial score (nSPS) is 13.7. The van der Waals surface area contributed by atoms with Crippen LogP contribution >= 0.6 is 0 Å². The molecule has 0 unspecified atom stereocenters. The average Bonchev–Trinajstić information content (AvgIpc) is 2.93. The Morgan fingerprint density at radius 1 is 0.964 bits per heavy atom. The summed E-state index contributed by atoms with van der Waals surface area (Å²) in [5.74, 6) is -0.820. The number of imide groups is 1. The number of carbonyl (C=O) groups is 2. The number of fused-ring (bicyclic) bond motifs is 1. The van der Waals surface area contributed by atoms with E-state index in [9.17, 15) is 14.4 Å². The molecule has 0 radical (unpaired) electrons. The number of hydrogen-bond donors (Lipinski definition) is 2. The van der Waals surface area contributed by atoms with E-state index in [-0.39, 0.29) is 5.69 Å². The van der Waals surface area contributed by atoms with Crippen LogP contribution in [0.25, 0.3) is 21.8 Å². The molecule has 2 amide bonds. The second kappa shape index (κ2) is 5.32. The second-order valence-electron chi connectivity index (χ2n) is 7.06. The fraction of sp³-hybridized carbons (Fsp3) is 0.0952. The van der Waals surface area contributed by atoms with Gasteiger partial charge in [-0.15, -0.1) is 0 Å². The highest BCUT2D eigenvalue weighted by molar-refractivity contribution is 6.36. The molecule has 1 aliphatic heterocycles. The highest BCUT2D eigenvalue weighted by Gasteiger charge is 2.35. The number of nitrogens with zero attached hydrogens (tertiary/aromatic N) is 2. The third-order valence-electron chi connectivity index (χ3n) is 5.33. The molecule has 3 N–H and O–H groups in total. The molecule has 0 saturated carbocycles. The number of carbonyl (C=O) groups excluding carboxylic acids is 2. The van der Waals surface area contributed by atoms with Crippen LogP contribution < -0.4 is 16.3 Å². The minimum atomic E-state index is -0.427. The van der Waals surface area contributed by atoms with Crippen molar-refractivity contribution in [1.82, 2.24) is 9.55 Å². The van der Waals surface area contributed by atoms with Crippen molar-refractivity contribution in [1.29, 1.82) is 0 Å². The molecule has 0 spiro atoms.